The molecule has 0 saturated heterocycles. The normalized spacial score (nSPS) is 10.8. The zero-order valence-electron chi connectivity index (χ0n) is 15.0. The predicted octanol–water partition coefficient (Wildman–Crippen LogP) is 5.55. The van der Waals surface area contributed by atoms with E-state index in [1.165, 1.54) is 0 Å². The highest BCUT2D eigenvalue weighted by Gasteiger charge is 2.21. The summed E-state index contributed by atoms with van der Waals surface area (Å²) in [6.45, 7) is 1.95. The van der Waals surface area contributed by atoms with Crippen LogP contribution >= 0.6 is 27.5 Å². The number of esters is 1. The van der Waals surface area contributed by atoms with Crippen LogP contribution in [0.25, 0.3) is 22.0 Å². The highest BCUT2D eigenvalue weighted by atomic mass is 79.9. The Labute approximate surface area is 175 Å². The number of pyridine rings is 1. The van der Waals surface area contributed by atoms with Crippen LogP contribution in [0.4, 0.5) is 0 Å². The van der Waals surface area contributed by atoms with E-state index in [0.29, 0.717) is 20.4 Å². The Balaban J connectivity index is 2.06. The number of aromatic hydroxyl groups is 1. The van der Waals surface area contributed by atoms with Crippen molar-refractivity contribution in [2.24, 2.45) is 0 Å². The lowest BCUT2D eigenvalue weighted by Crippen LogP contribution is -2.09. The summed E-state index contributed by atoms with van der Waals surface area (Å²) in [5.74, 6) is -1.13. The Kier molecular flexibility index (Phi) is 6.31. The number of hydrogen-bond donors (Lipinski definition) is 1. The highest BCUT2D eigenvalue weighted by Crippen LogP contribution is 2.38. The SMILES string of the molecule is CCOC(=O)CCC(=O)c1nc2c(-c3ccc(Cl)cc3)cccc2c(Br)c1O. The summed E-state index contributed by atoms with van der Waals surface area (Å²) in [4.78, 5) is 28.6. The summed E-state index contributed by atoms with van der Waals surface area (Å²) >= 11 is 9.34. The Morgan fingerprint density at radius 1 is 1.14 bits per heavy atom. The van der Waals surface area contributed by atoms with Crippen LogP contribution in [0.2, 0.25) is 5.02 Å². The molecule has 2 aromatic carbocycles. The van der Waals surface area contributed by atoms with Gasteiger partial charge in [-0.2, -0.15) is 0 Å². The second-order valence-electron chi connectivity index (χ2n) is 6.06. The first-order chi connectivity index (χ1) is 13.4. The molecule has 0 aliphatic carbocycles. The van der Waals surface area contributed by atoms with E-state index in [4.69, 9.17) is 16.3 Å². The zero-order chi connectivity index (χ0) is 20.3. The van der Waals surface area contributed by atoms with Crippen molar-refractivity contribution < 1.29 is 19.4 Å². The van der Waals surface area contributed by atoms with Crippen LogP contribution in [-0.2, 0) is 9.53 Å². The Hall–Kier alpha value is -2.44. The van der Waals surface area contributed by atoms with Crippen molar-refractivity contribution in [3.63, 3.8) is 0 Å². The van der Waals surface area contributed by atoms with Gasteiger partial charge in [0, 0.05) is 22.4 Å². The van der Waals surface area contributed by atoms with Gasteiger partial charge in [-0.1, -0.05) is 41.9 Å². The number of Topliss-reactive ketones (excluding diaryl/α,β-unsaturated/α-hetero) is 1. The number of ketones is 1. The van der Waals surface area contributed by atoms with Gasteiger partial charge < -0.3 is 9.84 Å². The third kappa shape index (κ3) is 4.18. The summed E-state index contributed by atoms with van der Waals surface area (Å²) in [6.07, 6.45) is -0.164. The first-order valence-electron chi connectivity index (χ1n) is 8.68. The molecule has 0 atom stereocenters. The fourth-order valence-electron chi connectivity index (χ4n) is 2.86. The molecule has 1 aromatic heterocycles. The summed E-state index contributed by atoms with van der Waals surface area (Å²) < 4.78 is 5.23. The van der Waals surface area contributed by atoms with Crippen molar-refractivity contribution >= 4 is 50.2 Å². The van der Waals surface area contributed by atoms with Crippen LogP contribution < -0.4 is 0 Å². The molecule has 0 saturated carbocycles. The van der Waals surface area contributed by atoms with Gasteiger partial charge in [-0.3, -0.25) is 9.59 Å². The first kappa shape index (κ1) is 20.3. The molecule has 1 heterocycles. The van der Waals surface area contributed by atoms with E-state index in [1.807, 2.05) is 24.3 Å². The van der Waals surface area contributed by atoms with Crippen molar-refractivity contribution in [1.82, 2.24) is 4.98 Å². The molecule has 144 valence electrons. The third-order valence-electron chi connectivity index (χ3n) is 4.21. The van der Waals surface area contributed by atoms with Gasteiger partial charge >= 0.3 is 5.97 Å². The second kappa shape index (κ2) is 8.71. The molecule has 3 rings (SSSR count). The van der Waals surface area contributed by atoms with E-state index in [9.17, 15) is 14.7 Å². The number of para-hydroxylation sites is 1. The van der Waals surface area contributed by atoms with Gasteiger partial charge in [0.1, 0.15) is 5.69 Å². The minimum Gasteiger partial charge on any atom is -0.504 e. The van der Waals surface area contributed by atoms with Crippen LogP contribution in [-0.4, -0.2) is 28.4 Å². The summed E-state index contributed by atoms with van der Waals surface area (Å²) in [7, 11) is 0. The van der Waals surface area contributed by atoms with Gasteiger partial charge in [-0.05, 0) is 40.5 Å². The van der Waals surface area contributed by atoms with Crippen molar-refractivity contribution in [3.05, 3.63) is 57.7 Å². The van der Waals surface area contributed by atoms with Crippen LogP contribution in [0.5, 0.6) is 5.75 Å². The van der Waals surface area contributed by atoms with Crippen LogP contribution in [0, 0.1) is 0 Å². The highest BCUT2D eigenvalue weighted by molar-refractivity contribution is 9.10. The summed E-state index contributed by atoms with van der Waals surface area (Å²) in [5.41, 5.74) is 2.17. The van der Waals surface area contributed by atoms with Crippen LogP contribution in [0.3, 0.4) is 0 Å². The lowest BCUT2D eigenvalue weighted by molar-refractivity contribution is -0.143. The zero-order valence-corrected chi connectivity index (χ0v) is 17.4. The molecule has 0 radical (unpaired) electrons. The number of hydrogen-bond acceptors (Lipinski definition) is 5. The van der Waals surface area contributed by atoms with Crippen molar-refractivity contribution in [3.8, 4) is 16.9 Å². The molecule has 0 aliphatic heterocycles. The number of fused-ring (bicyclic) bond motifs is 1. The average molecular weight is 463 g/mol. The van der Waals surface area contributed by atoms with Gasteiger partial charge in [-0.15, -0.1) is 0 Å². The van der Waals surface area contributed by atoms with E-state index in [0.717, 1.165) is 11.1 Å². The molecule has 3 aromatic rings. The monoisotopic (exact) mass is 461 g/mol. The number of benzene rings is 2. The fourth-order valence-corrected chi connectivity index (χ4v) is 3.50. The molecule has 0 fully saturated rings. The standard InChI is InChI=1S/C21H17BrClNO4/c1-2-28-17(26)11-10-16(25)20-21(27)18(22)15-5-3-4-14(19(15)24-20)12-6-8-13(23)9-7-12/h3-9,27H,2,10-11H2,1H3. The molecular formula is C21H17BrClNO4. The van der Waals surface area contributed by atoms with Gasteiger partial charge in [0.25, 0.3) is 0 Å². The molecule has 5 nitrogen and oxygen atoms in total. The average Bonchev–Trinajstić information content (AvgIpc) is 2.69. The van der Waals surface area contributed by atoms with Crippen molar-refractivity contribution in [2.75, 3.05) is 6.61 Å². The Bertz CT molecular complexity index is 1050. The maximum atomic E-state index is 12.6. The fraction of sp³-hybridized carbons (Fsp3) is 0.190. The topological polar surface area (TPSA) is 76.5 Å². The Morgan fingerprint density at radius 3 is 2.54 bits per heavy atom. The quantitative estimate of drug-likeness (QED) is 0.384. The number of aromatic nitrogens is 1. The van der Waals surface area contributed by atoms with Gasteiger partial charge in [0.15, 0.2) is 11.5 Å². The van der Waals surface area contributed by atoms with Gasteiger partial charge in [0.05, 0.1) is 23.0 Å². The summed E-state index contributed by atoms with van der Waals surface area (Å²) in [6, 6.07) is 12.8. The smallest absolute Gasteiger partial charge is 0.306 e. The predicted molar refractivity (Wildman–Crippen MR) is 112 cm³/mol. The molecule has 0 amide bonds. The largest absolute Gasteiger partial charge is 0.504 e. The van der Waals surface area contributed by atoms with E-state index in [1.54, 1.807) is 25.1 Å². The van der Waals surface area contributed by atoms with Gasteiger partial charge in [-0.25, -0.2) is 4.98 Å². The van der Waals surface area contributed by atoms with E-state index in [-0.39, 0.29) is 30.9 Å². The second-order valence-corrected chi connectivity index (χ2v) is 7.29. The van der Waals surface area contributed by atoms with E-state index >= 15 is 0 Å². The van der Waals surface area contributed by atoms with E-state index in [2.05, 4.69) is 20.9 Å². The molecule has 1 N–H and O–H groups in total. The maximum Gasteiger partial charge on any atom is 0.306 e. The lowest BCUT2D eigenvalue weighted by Gasteiger charge is -2.12. The molecule has 28 heavy (non-hydrogen) atoms. The number of carbonyl (C=O) groups excluding carboxylic acids is 2. The molecule has 0 bridgehead atoms. The molecular weight excluding hydrogens is 446 g/mol. The number of halogens is 2. The van der Waals surface area contributed by atoms with Crippen molar-refractivity contribution in [2.45, 2.75) is 19.8 Å². The minimum absolute atomic E-state index is 0.0672. The minimum atomic E-state index is -0.461. The first-order valence-corrected chi connectivity index (χ1v) is 9.85. The number of carbonyl (C=O) groups is 2. The lowest BCUT2D eigenvalue weighted by atomic mass is 10.0. The number of ether oxygens (including phenoxy) is 1. The summed E-state index contributed by atoms with van der Waals surface area (Å²) in [5, 5.41) is 11.8. The molecule has 0 spiro atoms. The van der Waals surface area contributed by atoms with Crippen molar-refractivity contribution in [1.29, 1.82) is 0 Å². The maximum absolute atomic E-state index is 12.6. The number of rotatable bonds is 6. The van der Waals surface area contributed by atoms with E-state index < -0.39 is 11.8 Å². The molecule has 7 heteroatoms. The third-order valence-corrected chi connectivity index (χ3v) is 5.26. The van der Waals surface area contributed by atoms with Crippen LogP contribution in [0.1, 0.15) is 30.3 Å². The van der Waals surface area contributed by atoms with Gasteiger partial charge in [0.2, 0.25) is 0 Å². The molecule has 0 aliphatic rings. The number of nitrogens with zero attached hydrogens (tertiary/aromatic N) is 1. The molecule has 0 unspecified atom stereocenters. The Morgan fingerprint density at radius 2 is 1.86 bits per heavy atom. The van der Waals surface area contributed by atoms with Crippen LogP contribution in [0.15, 0.2) is 46.9 Å².